The molecule has 1 atom stereocenters. The molecule has 0 aromatic heterocycles. The monoisotopic (exact) mass is 586 g/mol. The van der Waals surface area contributed by atoms with Crippen LogP contribution in [0.5, 0.6) is 28.7 Å². The third-order valence-corrected chi connectivity index (χ3v) is 6.37. The lowest BCUT2D eigenvalue weighted by molar-refractivity contribution is -0.145. The van der Waals surface area contributed by atoms with E-state index in [2.05, 4.69) is 0 Å². The van der Waals surface area contributed by atoms with Crippen molar-refractivity contribution in [1.29, 1.82) is 0 Å². The van der Waals surface area contributed by atoms with Crippen LogP contribution >= 0.6 is 0 Å². The van der Waals surface area contributed by atoms with Crippen LogP contribution in [-0.2, 0) is 14.4 Å². The van der Waals surface area contributed by atoms with E-state index in [0.717, 1.165) is 17.1 Å². The average molecular weight is 587 g/mol. The highest BCUT2D eigenvalue weighted by atomic mass is 16.5. The number of ketones is 1. The zero-order valence-electron chi connectivity index (χ0n) is 23.8. The van der Waals surface area contributed by atoms with E-state index in [1.807, 2.05) is 0 Å². The van der Waals surface area contributed by atoms with Gasteiger partial charge >= 0.3 is 0 Å². The Kier molecular flexibility index (Phi) is 11.7. The van der Waals surface area contributed by atoms with Gasteiger partial charge in [-0.3, -0.25) is 19.3 Å². The number of ether oxygens (including phenoxy) is 2. The maximum Gasteiger partial charge on any atom is 0.254 e. The molecule has 0 spiro atoms. The van der Waals surface area contributed by atoms with Crippen molar-refractivity contribution in [2.75, 3.05) is 20.8 Å². The Bertz CT molecular complexity index is 1450. The van der Waals surface area contributed by atoms with E-state index < -0.39 is 23.6 Å². The molecule has 0 aliphatic carbocycles. The van der Waals surface area contributed by atoms with Gasteiger partial charge in [0.05, 0.1) is 14.2 Å². The van der Waals surface area contributed by atoms with Crippen LogP contribution < -0.4 is 15.2 Å². The number of benzene rings is 3. The summed E-state index contributed by atoms with van der Waals surface area (Å²) in [6.45, 7) is 0.230. The molecule has 0 saturated carbocycles. The number of hydrogen-bond donors (Lipinski definition) is 4. The Labute approximate surface area is 249 Å². The molecule has 0 aliphatic rings. The highest BCUT2D eigenvalue weighted by molar-refractivity contribution is 6.12. The van der Waals surface area contributed by atoms with Crippen LogP contribution in [0.3, 0.4) is 0 Å². The van der Waals surface area contributed by atoms with Gasteiger partial charge in [-0.05, 0) is 90.7 Å². The van der Waals surface area contributed by atoms with Gasteiger partial charge in [-0.25, -0.2) is 0 Å². The molecule has 0 radical (unpaired) electrons. The van der Waals surface area contributed by atoms with Crippen molar-refractivity contribution in [2.24, 2.45) is 5.73 Å². The first-order valence-corrected chi connectivity index (χ1v) is 13.3. The van der Waals surface area contributed by atoms with Crippen LogP contribution in [0, 0.1) is 0 Å². The predicted molar refractivity (Wildman–Crippen MR) is 163 cm³/mol. The number of hydrogen-bond acceptors (Lipinski definition) is 9. The Morgan fingerprint density at radius 2 is 1.21 bits per heavy atom. The van der Waals surface area contributed by atoms with Gasteiger partial charge in [-0.2, -0.15) is 0 Å². The second-order valence-electron chi connectivity index (χ2n) is 9.35. The van der Waals surface area contributed by atoms with E-state index in [4.69, 9.17) is 15.2 Å². The van der Waals surface area contributed by atoms with E-state index in [0.29, 0.717) is 23.1 Å². The standard InChI is InChI=1S/C33H34N2O8/c1-42-30-20-23(8-15-28(30)38)10-17-32(40)35(33(41)18-11-24-9-16-29(39)31(21-24)43-2)26(4-3-19-34)27(37)14-7-22-5-12-25(36)13-6-22/h5-18,20-21,26,36,38-39H,3-4,19,34H2,1-2H3/b14-7+,17-10+,18-11+. The molecule has 0 fully saturated rings. The lowest BCUT2D eigenvalue weighted by Crippen LogP contribution is -2.47. The minimum atomic E-state index is -1.17. The first kappa shape index (κ1) is 32.2. The lowest BCUT2D eigenvalue weighted by Gasteiger charge is -2.26. The van der Waals surface area contributed by atoms with Crippen molar-refractivity contribution in [3.05, 3.63) is 95.6 Å². The van der Waals surface area contributed by atoms with Crippen molar-refractivity contribution in [1.82, 2.24) is 4.90 Å². The summed E-state index contributed by atoms with van der Waals surface area (Å²) in [6, 6.07) is 14.0. The molecule has 10 nitrogen and oxygen atoms in total. The Morgan fingerprint density at radius 1 is 0.744 bits per heavy atom. The fraction of sp³-hybridized carbons (Fsp3) is 0.182. The number of carbonyl (C=O) groups excluding carboxylic acids is 3. The molecule has 0 aliphatic heterocycles. The van der Waals surface area contributed by atoms with Gasteiger partial charge in [-0.1, -0.05) is 30.3 Å². The number of nitrogens with two attached hydrogens (primary N) is 1. The third kappa shape index (κ3) is 9.07. The summed E-state index contributed by atoms with van der Waals surface area (Å²) in [5.74, 6) is -1.68. The van der Waals surface area contributed by atoms with Crippen molar-refractivity contribution in [3.63, 3.8) is 0 Å². The summed E-state index contributed by atoms with van der Waals surface area (Å²) < 4.78 is 10.2. The van der Waals surface area contributed by atoms with E-state index in [9.17, 15) is 29.7 Å². The zero-order chi connectivity index (χ0) is 31.4. The molecular formula is C33H34N2O8. The SMILES string of the molecule is COc1cc(/C=C/C(=O)N(C(=O)/C=C/c2ccc(O)c(OC)c2)C(CCCN)C(=O)/C=C/c2ccc(O)cc2)ccc1O. The molecule has 0 saturated heterocycles. The number of phenols is 3. The molecule has 2 amide bonds. The largest absolute Gasteiger partial charge is 0.508 e. The summed E-state index contributed by atoms with van der Waals surface area (Å²) in [5.41, 5.74) is 7.38. The number of rotatable bonds is 13. The van der Waals surface area contributed by atoms with Crippen LogP contribution in [0.1, 0.15) is 29.5 Å². The number of phenolic OH excluding ortho intramolecular Hbond substituents is 3. The quantitative estimate of drug-likeness (QED) is 0.214. The molecule has 5 N–H and O–H groups in total. The summed E-state index contributed by atoms with van der Waals surface area (Å²) in [6.07, 6.45) is 8.49. The van der Waals surface area contributed by atoms with Crippen molar-refractivity contribution in [2.45, 2.75) is 18.9 Å². The Morgan fingerprint density at radius 3 is 1.67 bits per heavy atom. The molecule has 1 unspecified atom stereocenters. The highest BCUT2D eigenvalue weighted by Crippen LogP contribution is 2.28. The maximum atomic E-state index is 13.6. The number of aromatic hydroxyl groups is 3. The average Bonchev–Trinajstić information content (AvgIpc) is 3.01. The number of methoxy groups -OCH3 is 2. The first-order chi connectivity index (χ1) is 20.7. The molecular weight excluding hydrogens is 552 g/mol. The smallest absolute Gasteiger partial charge is 0.254 e. The van der Waals surface area contributed by atoms with Gasteiger partial charge < -0.3 is 30.5 Å². The fourth-order valence-corrected chi connectivity index (χ4v) is 4.09. The number of carbonyl (C=O) groups is 3. The maximum absolute atomic E-state index is 13.6. The Balaban J connectivity index is 1.99. The molecule has 10 heteroatoms. The minimum absolute atomic E-state index is 0.0720. The van der Waals surface area contributed by atoms with E-state index in [-0.39, 0.29) is 41.7 Å². The Hall–Kier alpha value is -5.35. The van der Waals surface area contributed by atoms with E-state index in [1.54, 1.807) is 24.3 Å². The van der Waals surface area contributed by atoms with Gasteiger partial charge in [0.2, 0.25) is 0 Å². The van der Waals surface area contributed by atoms with Crippen LogP contribution in [0.4, 0.5) is 0 Å². The second-order valence-corrected chi connectivity index (χ2v) is 9.35. The fourth-order valence-electron chi connectivity index (χ4n) is 4.09. The number of nitrogens with zero attached hydrogens (tertiary/aromatic N) is 1. The lowest BCUT2D eigenvalue weighted by atomic mass is 10.0. The van der Waals surface area contributed by atoms with E-state index in [1.165, 1.54) is 74.9 Å². The summed E-state index contributed by atoms with van der Waals surface area (Å²) >= 11 is 0. The molecule has 224 valence electrons. The highest BCUT2D eigenvalue weighted by Gasteiger charge is 2.31. The molecule has 3 aromatic carbocycles. The zero-order valence-corrected chi connectivity index (χ0v) is 23.8. The van der Waals surface area contributed by atoms with Gasteiger partial charge in [0.1, 0.15) is 11.8 Å². The molecule has 3 rings (SSSR count). The molecule has 3 aromatic rings. The van der Waals surface area contributed by atoms with Crippen LogP contribution in [0.25, 0.3) is 18.2 Å². The molecule has 43 heavy (non-hydrogen) atoms. The van der Waals surface area contributed by atoms with Gasteiger partial charge in [0.15, 0.2) is 28.8 Å². The predicted octanol–water partition coefficient (Wildman–Crippen LogP) is 4.29. The van der Waals surface area contributed by atoms with Gasteiger partial charge in [0, 0.05) is 12.2 Å². The summed E-state index contributed by atoms with van der Waals surface area (Å²) in [5, 5.41) is 29.3. The second kappa shape index (κ2) is 15.6. The van der Waals surface area contributed by atoms with Crippen LogP contribution in [0.15, 0.2) is 78.9 Å². The topological polar surface area (TPSA) is 160 Å². The summed E-state index contributed by atoms with van der Waals surface area (Å²) in [7, 11) is 2.78. The third-order valence-electron chi connectivity index (χ3n) is 6.37. The van der Waals surface area contributed by atoms with E-state index >= 15 is 0 Å². The van der Waals surface area contributed by atoms with Crippen molar-refractivity contribution < 1.29 is 39.2 Å². The van der Waals surface area contributed by atoms with Crippen molar-refractivity contribution in [3.8, 4) is 28.7 Å². The number of amides is 2. The van der Waals surface area contributed by atoms with Gasteiger partial charge in [0.25, 0.3) is 11.8 Å². The minimum Gasteiger partial charge on any atom is -0.508 e. The molecule has 0 bridgehead atoms. The van der Waals surface area contributed by atoms with Crippen LogP contribution in [0.2, 0.25) is 0 Å². The number of imide groups is 1. The normalized spacial score (nSPS) is 12.1. The summed E-state index contributed by atoms with van der Waals surface area (Å²) in [4.78, 5) is 41.5. The van der Waals surface area contributed by atoms with Crippen molar-refractivity contribution >= 4 is 35.8 Å². The molecule has 0 heterocycles. The first-order valence-electron chi connectivity index (χ1n) is 13.3. The van der Waals surface area contributed by atoms with Crippen LogP contribution in [-0.4, -0.2) is 64.6 Å². The van der Waals surface area contributed by atoms with Gasteiger partial charge in [-0.15, -0.1) is 0 Å².